The summed E-state index contributed by atoms with van der Waals surface area (Å²) in [5.41, 5.74) is 2.74. The van der Waals surface area contributed by atoms with Gasteiger partial charge in [0.1, 0.15) is 6.10 Å². The maximum atomic E-state index is 13.4. The summed E-state index contributed by atoms with van der Waals surface area (Å²) in [5.74, 6) is 0.224. The predicted octanol–water partition coefficient (Wildman–Crippen LogP) is 2.85. The van der Waals surface area contributed by atoms with E-state index >= 15 is 0 Å². The van der Waals surface area contributed by atoms with Gasteiger partial charge in [-0.05, 0) is 45.8 Å². The van der Waals surface area contributed by atoms with Crippen LogP contribution in [-0.4, -0.2) is 54.8 Å². The monoisotopic (exact) mass is 368 g/mol. The van der Waals surface area contributed by atoms with Crippen LogP contribution in [0.1, 0.15) is 42.9 Å². The van der Waals surface area contributed by atoms with E-state index in [4.69, 9.17) is 4.74 Å². The quantitative estimate of drug-likeness (QED) is 0.820. The average Bonchev–Trinajstić information content (AvgIpc) is 2.93. The van der Waals surface area contributed by atoms with E-state index in [0.717, 1.165) is 43.4 Å². The highest BCUT2D eigenvalue weighted by atomic mass is 16.5. The minimum absolute atomic E-state index is 0.0907. The van der Waals surface area contributed by atoms with E-state index in [1.54, 1.807) is 0 Å². The third kappa shape index (κ3) is 3.18. The summed E-state index contributed by atoms with van der Waals surface area (Å²) >= 11 is 0. The van der Waals surface area contributed by atoms with Gasteiger partial charge in [-0.25, -0.2) is 0 Å². The van der Waals surface area contributed by atoms with E-state index in [-0.39, 0.29) is 29.8 Å². The molecule has 144 valence electrons. The third-order valence-electron chi connectivity index (χ3n) is 6.04. The van der Waals surface area contributed by atoms with Crippen LogP contribution in [0.2, 0.25) is 0 Å². The largest absolute Gasteiger partial charge is 0.483 e. The van der Waals surface area contributed by atoms with Crippen LogP contribution in [-0.2, 0) is 14.3 Å². The van der Waals surface area contributed by atoms with Gasteiger partial charge in [0, 0.05) is 13.1 Å². The number of benzene rings is 1. The fourth-order valence-electron chi connectivity index (χ4n) is 4.53. The number of rotatable bonds is 4. The zero-order valence-electron chi connectivity index (χ0n) is 16.4. The van der Waals surface area contributed by atoms with Crippen molar-refractivity contribution in [1.29, 1.82) is 0 Å². The second-order valence-corrected chi connectivity index (χ2v) is 8.27. The topological polar surface area (TPSA) is 49.9 Å². The minimum Gasteiger partial charge on any atom is -0.483 e. The molecule has 0 radical (unpaired) electrons. The molecule has 5 nitrogen and oxygen atoms in total. The molecule has 27 heavy (non-hydrogen) atoms. The zero-order valence-corrected chi connectivity index (χ0v) is 16.4. The number of fused-ring (bicyclic) bond motifs is 1. The molecule has 1 fully saturated rings. The highest BCUT2D eigenvalue weighted by Gasteiger charge is 2.51. The van der Waals surface area contributed by atoms with Crippen molar-refractivity contribution in [3.8, 4) is 0 Å². The summed E-state index contributed by atoms with van der Waals surface area (Å²) in [5, 5.41) is 0. The molecule has 1 amide bonds. The molecule has 2 aliphatic heterocycles. The van der Waals surface area contributed by atoms with Gasteiger partial charge in [-0.15, -0.1) is 0 Å². The summed E-state index contributed by atoms with van der Waals surface area (Å²) in [6, 6.07) is 7.82. The molecule has 3 aliphatic rings. The van der Waals surface area contributed by atoms with Crippen molar-refractivity contribution < 1.29 is 14.3 Å². The maximum Gasteiger partial charge on any atom is 0.290 e. The molecule has 0 N–H and O–H groups in total. The summed E-state index contributed by atoms with van der Waals surface area (Å²) in [7, 11) is 3.98. The first-order valence-electron chi connectivity index (χ1n) is 9.94. The van der Waals surface area contributed by atoms with Crippen LogP contribution in [0.15, 0.2) is 35.6 Å². The summed E-state index contributed by atoms with van der Waals surface area (Å²) in [6.07, 6.45) is 3.74. The van der Waals surface area contributed by atoms with Gasteiger partial charge in [0.2, 0.25) is 0 Å². The van der Waals surface area contributed by atoms with Crippen LogP contribution in [0.4, 0.5) is 0 Å². The molecule has 3 unspecified atom stereocenters. The minimum atomic E-state index is -0.330. The van der Waals surface area contributed by atoms with Gasteiger partial charge in [-0.1, -0.05) is 36.2 Å². The molecule has 2 heterocycles. The molecule has 5 heteroatoms. The Hall–Kier alpha value is -2.14. The van der Waals surface area contributed by atoms with Crippen molar-refractivity contribution in [1.82, 2.24) is 9.80 Å². The smallest absolute Gasteiger partial charge is 0.290 e. The van der Waals surface area contributed by atoms with Gasteiger partial charge < -0.3 is 14.5 Å². The number of ether oxygens (including phenoxy) is 1. The van der Waals surface area contributed by atoms with E-state index < -0.39 is 0 Å². The van der Waals surface area contributed by atoms with Crippen LogP contribution in [0.25, 0.3) is 0 Å². The molecule has 0 saturated heterocycles. The highest BCUT2D eigenvalue weighted by Crippen LogP contribution is 2.46. The summed E-state index contributed by atoms with van der Waals surface area (Å²) in [4.78, 5) is 30.5. The number of hydrogen-bond acceptors (Lipinski definition) is 4. The Morgan fingerprint density at radius 1 is 1.11 bits per heavy atom. The number of ketones is 1. The van der Waals surface area contributed by atoms with Gasteiger partial charge in [0.05, 0.1) is 17.5 Å². The standard InChI is InChI=1S/C22H28N2O3/c1-14-8-10-15(11-9-14)19-18-20(25)16-6-4-5-7-17(16)27-21(18)22(26)24(19)13-12-23(2)3/h8-11,16-17,19H,4-7,12-13H2,1-3H3. The van der Waals surface area contributed by atoms with E-state index in [9.17, 15) is 9.59 Å². The Morgan fingerprint density at radius 3 is 2.52 bits per heavy atom. The van der Waals surface area contributed by atoms with Crippen LogP contribution < -0.4 is 0 Å². The van der Waals surface area contributed by atoms with Crippen LogP contribution in [0.3, 0.4) is 0 Å². The van der Waals surface area contributed by atoms with Gasteiger partial charge >= 0.3 is 0 Å². The predicted molar refractivity (Wildman–Crippen MR) is 103 cm³/mol. The number of amides is 1. The fraction of sp³-hybridized carbons (Fsp3) is 0.545. The number of carbonyl (C=O) groups excluding carboxylic acids is 2. The molecule has 1 aliphatic carbocycles. The molecular formula is C22H28N2O3. The number of aryl methyl sites for hydroxylation is 1. The van der Waals surface area contributed by atoms with Crippen molar-refractivity contribution in [3.05, 3.63) is 46.7 Å². The normalized spacial score (nSPS) is 27.7. The Kier molecular flexibility index (Phi) is 4.81. The summed E-state index contributed by atoms with van der Waals surface area (Å²) in [6.45, 7) is 3.36. The SMILES string of the molecule is Cc1ccc(C2C3=C(OC4CCCCC4C3=O)C(=O)N2CCN(C)C)cc1. The highest BCUT2D eigenvalue weighted by molar-refractivity contribution is 6.11. The second-order valence-electron chi connectivity index (χ2n) is 8.27. The molecular weight excluding hydrogens is 340 g/mol. The van der Waals surface area contributed by atoms with Gasteiger partial charge in [-0.3, -0.25) is 9.59 Å². The molecule has 1 saturated carbocycles. The Balaban J connectivity index is 1.75. The van der Waals surface area contributed by atoms with Gasteiger partial charge in [0.15, 0.2) is 11.5 Å². The molecule has 1 aromatic rings. The van der Waals surface area contributed by atoms with E-state index in [2.05, 4.69) is 4.90 Å². The van der Waals surface area contributed by atoms with Crippen molar-refractivity contribution in [3.63, 3.8) is 0 Å². The molecule has 0 aromatic heterocycles. The number of carbonyl (C=O) groups is 2. The van der Waals surface area contributed by atoms with Crippen LogP contribution in [0, 0.1) is 12.8 Å². The first-order valence-corrected chi connectivity index (χ1v) is 9.94. The average molecular weight is 368 g/mol. The molecule has 4 rings (SSSR count). The van der Waals surface area contributed by atoms with Gasteiger partial charge in [-0.2, -0.15) is 0 Å². The Morgan fingerprint density at radius 2 is 1.81 bits per heavy atom. The fourth-order valence-corrected chi connectivity index (χ4v) is 4.53. The molecule has 1 aromatic carbocycles. The maximum absolute atomic E-state index is 13.4. The van der Waals surface area contributed by atoms with Crippen molar-refractivity contribution in [2.45, 2.75) is 44.8 Å². The van der Waals surface area contributed by atoms with Crippen molar-refractivity contribution in [2.24, 2.45) is 5.92 Å². The molecule has 0 spiro atoms. The zero-order chi connectivity index (χ0) is 19.1. The first-order chi connectivity index (χ1) is 13.0. The lowest BCUT2D eigenvalue weighted by atomic mass is 9.77. The Labute approximate surface area is 161 Å². The lowest BCUT2D eigenvalue weighted by molar-refractivity contribution is -0.135. The Bertz CT molecular complexity index is 781. The van der Waals surface area contributed by atoms with E-state index in [0.29, 0.717) is 17.9 Å². The van der Waals surface area contributed by atoms with Crippen molar-refractivity contribution in [2.75, 3.05) is 27.2 Å². The van der Waals surface area contributed by atoms with Gasteiger partial charge in [0.25, 0.3) is 5.91 Å². The number of nitrogens with zero attached hydrogens (tertiary/aromatic N) is 2. The molecule has 3 atom stereocenters. The third-order valence-corrected chi connectivity index (χ3v) is 6.04. The number of likely N-dealkylation sites (N-methyl/N-ethyl adjacent to an activating group) is 1. The lowest BCUT2D eigenvalue weighted by Crippen LogP contribution is -2.39. The molecule has 0 bridgehead atoms. The van der Waals surface area contributed by atoms with Crippen molar-refractivity contribution >= 4 is 11.7 Å². The van der Waals surface area contributed by atoms with Crippen LogP contribution in [0.5, 0.6) is 0 Å². The second kappa shape index (κ2) is 7.12. The lowest BCUT2D eigenvalue weighted by Gasteiger charge is -2.35. The first kappa shape index (κ1) is 18.2. The van der Waals surface area contributed by atoms with E-state index in [1.165, 1.54) is 0 Å². The van der Waals surface area contributed by atoms with E-state index in [1.807, 2.05) is 50.2 Å². The summed E-state index contributed by atoms with van der Waals surface area (Å²) < 4.78 is 6.16. The van der Waals surface area contributed by atoms with Crippen LogP contribution >= 0.6 is 0 Å². The number of hydrogen-bond donors (Lipinski definition) is 0. The number of Topliss-reactive ketones (excluding diaryl/α,β-unsaturated/α-hetero) is 1.